The smallest absolute Gasteiger partial charge is 0.270 e. The van der Waals surface area contributed by atoms with Crippen molar-refractivity contribution in [1.82, 2.24) is 0 Å². The molecule has 0 aromatic heterocycles. The number of nitro benzene ring substituents is 1. The maximum Gasteiger partial charge on any atom is 0.270 e. The molecule has 106 valence electrons. The SMILES string of the molecule is N#Cc1cc([N+](=O)[O-])ccc1NCCc1cccc(F)c1. The van der Waals surface area contributed by atoms with Crippen LogP contribution < -0.4 is 5.32 Å². The molecule has 1 N–H and O–H groups in total. The van der Waals surface area contributed by atoms with Crippen molar-refractivity contribution in [3.8, 4) is 6.07 Å². The minimum atomic E-state index is -0.544. The number of nitrogens with zero attached hydrogens (tertiary/aromatic N) is 2. The average molecular weight is 285 g/mol. The zero-order valence-electron chi connectivity index (χ0n) is 11.0. The number of rotatable bonds is 5. The minimum absolute atomic E-state index is 0.123. The maximum absolute atomic E-state index is 13.0. The second-order valence-corrected chi connectivity index (χ2v) is 4.41. The molecule has 0 aliphatic rings. The van der Waals surface area contributed by atoms with Gasteiger partial charge >= 0.3 is 0 Å². The predicted octanol–water partition coefficient (Wildman–Crippen LogP) is 3.26. The number of nitro groups is 1. The number of nitrogens with one attached hydrogen (secondary N) is 1. The lowest BCUT2D eigenvalue weighted by Crippen LogP contribution is -2.06. The average Bonchev–Trinajstić information content (AvgIpc) is 2.47. The summed E-state index contributed by atoms with van der Waals surface area (Å²) in [7, 11) is 0. The first-order chi connectivity index (χ1) is 10.1. The summed E-state index contributed by atoms with van der Waals surface area (Å²) in [5.41, 5.74) is 1.45. The molecular formula is C15H12FN3O2. The summed E-state index contributed by atoms with van der Waals surface area (Å²) in [5.74, 6) is -0.291. The summed E-state index contributed by atoms with van der Waals surface area (Å²) in [6.07, 6.45) is 0.583. The van der Waals surface area contributed by atoms with Crippen LogP contribution in [0.5, 0.6) is 0 Å². The van der Waals surface area contributed by atoms with Crippen LogP contribution in [0.15, 0.2) is 42.5 Å². The lowest BCUT2D eigenvalue weighted by atomic mass is 10.1. The van der Waals surface area contributed by atoms with Crippen LogP contribution >= 0.6 is 0 Å². The van der Waals surface area contributed by atoms with E-state index < -0.39 is 4.92 Å². The van der Waals surface area contributed by atoms with Gasteiger partial charge in [-0.3, -0.25) is 10.1 Å². The highest BCUT2D eigenvalue weighted by atomic mass is 19.1. The molecule has 0 spiro atoms. The van der Waals surface area contributed by atoms with Crippen molar-refractivity contribution in [2.24, 2.45) is 0 Å². The van der Waals surface area contributed by atoms with Gasteiger partial charge in [0.25, 0.3) is 5.69 Å². The Bertz CT molecular complexity index is 710. The van der Waals surface area contributed by atoms with Crippen LogP contribution in [0.1, 0.15) is 11.1 Å². The molecule has 0 heterocycles. The van der Waals surface area contributed by atoms with Gasteiger partial charge in [0.15, 0.2) is 0 Å². The third kappa shape index (κ3) is 3.76. The van der Waals surface area contributed by atoms with E-state index >= 15 is 0 Å². The summed E-state index contributed by atoms with van der Waals surface area (Å²) in [4.78, 5) is 10.1. The van der Waals surface area contributed by atoms with Crippen molar-refractivity contribution < 1.29 is 9.31 Å². The Balaban J connectivity index is 2.03. The Labute approximate surface area is 120 Å². The summed E-state index contributed by atoms with van der Waals surface area (Å²) in [6, 6.07) is 12.3. The van der Waals surface area contributed by atoms with Gasteiger partial charge < -0.3 is 5.32 Å². The maximum atomic E-state index is 13.0. The van der Waals surface area contributed by atoms with Gasteiger partial charge in [0.2, 0.25) is 0 Å². The van der Waals surface area contributed by atoms with Gasteiger partial charge in [0, 0.05) is 18.7 Å². The fourth-order valence-corrected chi connectivity index (χ4v) is 1.93. The van der Waals surface area contributed by atoms with E-state index in [2.05, 4.69) is 5.32 Å². The zero-order valence-corrected chi connectivity index (χ0v) is 11.0. The molecule has 0 radical (unpaired) electrons. The van der Waals surface area contributed by atoms with Crippen LogP contribution in [0.2, 0.25) is 0 Å². The lowest BCUT2D eigenvalue weighted by Gasteiger charge is -2.08. The van der Waals surface area contributed by atoms with Crippen molar-refractivity contribution in [1.29, 1.82) is 5.26 Å². The Kier molecular flexibility index (Phi) is 4.46. The number of halogens is 1. The Hall–Kier alpha value is -2.94. The molecule has 0 atom stereocenters. The standard InChI is InChI=1S/C15H12FN3O2/c16-13-3-1-2-11(8-13)6-7-18-15-5-4-14(19(20)21)9-12(15)10-17/h1-5,8-9,18H,6-7H2. The van der Waals surface area contributed by atoms with Gasteiger partial charge in [-0.1, -0.05) is 12.1 Å². The number of anilines is 1. The van der Waals surface area contributed by atoms with E-state index in [0.717, 1.165) is 5.56 Å². The van der Waals surface area contributed by atoms with Crippen LogP contribution in [0.3, 0.4) is 0 Å². The topological polar surface area (TPSA) is 79.0 Å². The molecule has 0 aliphatic heterocycles. The number of nitriles is 1. The summed E-state index contributed by atoms with van der Waals surface area (Å²) >= 11 is 0. The molecule has 2 rings (SSSR count). The highest BCUT2D eigenvalue weighted by Crippen LogP contribution is 2.21. The third-order valence-electron chi connectivity index (χ3n) is 2.95. The molecule has 0 saturated heterocycles. The summed E-state index contributed by atoms with van der Waals surface area (Å²) in [5, 5.41) is 22.7. The first-order valence-corrected chi connectivity index (χ1v) is 6.27. The van der Waals surface area contributed by atoms with Crippen molar-refractivity contribution in [2.75, 3.05) is 11.9 Å². The number of hydrogen-bond donors (Lipinski definition) is 1. The Morgan fingerprint density at radius 2 is 2.10 bits per heavy atom. The van der Waals surface area contributed by atoms with Gasteiger partial charge in [0.05, 0.1) is 16.2 Å². The van der Waals surface area contributed by atoms with Crippen LogP contribution in [-0.2, 0) is 6.42 Å². The Morgan fingerprint density at radius 1 is 1.29 bits per heavy atom. The number of hydrogen-bond acceptors (Lipinski definition) is 4. The molecule has 2 aromatic carbocycles. The molecule has 0 aliphatic carbocycles. The van der Waals surface area contributed by atoms with Crippen molar-refractivity contribution in [3.05, 3.63) is 69.5 Å². The molecule has 0 unspecified atom stereocenters. The van der Waals surface area contributed by atoms with Crippen LogP contribution in [0.4, 0.5) is 15.8 Å². The fourth-order valence-electron chi connectivity index (χ4n) is 1.93. The minimum Gasteiger partial charge on any atom is -0.384 e. The van der Waals surface area contributed by atoms with Crippen LogP contribution in [-0.4, -0.2) is 11.5 Å². The molecule has 21 heavy (non-hydrogen) atoms. The summed E-state index contributed by atoms with van der Waals surface area (Å²) in [6.45, 7) is 0.496. The zero-order chi connectivity index (χ0) is 15.2. The second kappa shape index (κ2) is 6.48. The van der Waals surface area contributed by atoms with Crippen molar-refractivity contribution in [3.63, 3.8) is 0 Å². The van der Waals surface area contributed by atoms with Gasteiger partial charge in [-0.2, -0.15) is 5.26 Å². The van der Waals surface area contributed by atoms with Gasteiger partial charge in [-0.25, -0.2) is 4.39 Å². The monoisotopic (exact) mass is 285 g/mol. The van der Waals surface area contributed by atoms with E-state index in [-0.39, 0.29) is 17.1 Å². The lowest BCUT2D eigenvalue weighted by molar-refractivity contribution is -0.384. The summed E-state index contributed by atoms with van der Waals surface area (Å²) < 4.78 is 13.0. The number of non-ortho nitro benzene ring substituents is 1. The van der Waals surface area contributed by atoms with Gasteiger partial charge in [-0.05, 0) is 30.2 Å². The van der Waals surface area contributed by atoms with Crippen LogP contribution in [0, 0.1) is 27.3 Å². The third-order valence-corrected chi connectivity index (χ3v) is 2.95. The predicted molar refractivity (Wildman–Crippen MR) is 76.4 cm³/mol. The molecule has 2 aromatic rings. The highest BCUT2D eigenvalue weighted by Gasteiger charge is 2.10. The highest BCUT2D eigenvalue weighted by molar-refractivity contribution is 5.61. The second-order valence-electron chi connectivity index (χ2n) is 4.41. The normalized spacial score (nSPS) is 9.90. The molecule has 5 nitrogen and oxygen atoms in total. The Morgan fingerprint density at radius 3 is 2.76 bits per heavy atom. The van der Waals surface area contributed by atoms with E-state index in [1.54, 1.807) is 6.07 Å². The number of benzene rings is 2. The largest absolute Gasteiger partial charge is 0.384 e. The first kappa shape index (κ1) is 14.5. The molecule has 6 heteroatoms. The van der Waals surface area contributed by atoms with Crippen LogP contribution in [0.25, 0.3) is 0 Å². The molecule has 0 amide bonds. The van der Waals surface area contributed by atoms with Crippen molar-refractivity contribution in [2.45, 2.75) is 6.42 Å². The first-order valence-electron chi connectivity index (χ1n) is 6.27. The van der Waals surface area contributed by atoms with Gasteiger partial charge in [-0.15, -0.1) is 0 Å². The van der Waals surface area contributed by atoms with E-state index in [1.165, 1.54) is 30.3 Å². The molecule has 0 saturated carbocycles. The molecule has 0 fully saturated rings. The van der Waals surface area contributed by atoms with E-state index in [9.17, 15) is 14.5 Å². The molecular weight excluding hydrogens is 273 g/mol. The van der Waals surface area contributed by atoms with E-state index in [0.29, 0.717) is 18.7 Å². The van der Waals surface area contributed by atoms with Crippen molar-refractivity contribution >= 4 is 11.4 Å². The van der Waals surface area contributed by atoms with E-state index in [1.807, 2.05) is 12.1 Å². The van der Waals surface area contributed by atoms with Gasteiger partial charge in [0.1, 0.15) is 11.9 Å². The quantitative estimate of drug-likeness (QED) is 0.675. The fraction of sp³-hybridized carbons (Fsp3) is 0.133. The van der Waals surface area contributed by atoms with E-state index in [4.69, 9.17) is 5.26 Å². The molecule has 0 bridgehead atoms.